The van der Waals surface area contributed by atoms with E-state index >= 15 is 0 Å². The number of carbonyl (C=O) groups excluding carboxylic acids is 1. The molecule has 0 atom stereocenters. The summed E-state index contributed by atoms with van der Waals surface area (Å²) in [5, 5.41) is 11.3. The Morgan fingerprint density at radius 1 is 1.11 bits per heavy atom. The lowest BCUT2D eigenvalue weighted by Crippen LogP contribution is -2.46. The first-order chi connectivity index (χ1) is 13.1. The molecule has 0 spiro atoms. The molecule has 1 aromatic carbocycles. The average molecular weight is 364 g/mol. The first-order valence-electron chi connectivity index (χ1n) is 8.93. The van der Waals surface area contributed by atoms with Gasteiger partial charge in [-0.25, -0.2) is 9.78 Å². The lowest BCUT2D eigenvalue weighted by molar-refractivity contribution is 0.0706. The maximum absolute atomic E-state index is 12.8. The van der Waals surface area contributed by atoms with Crippen LogP contribution >= 0.6 is 0 Å². The van der Waals surface area contributed by atoms with Gasteiger partial charge in [0.2, 0.25) is 0 Å². The molecule has 138 valence electrons. The predicted molar refractivity (Wildman–Crippen MR) is 101 cm³/mol. The highest BCUT2D eigenvalue weighted by Crippen LogP contribution is 2.22. The third-order valence-corrected chi connectivity index (χ3v) is 4.88. The van der Waals surface area contributed by atoms with E-state index < -0.39 is 6.09 Å². The van der Waals surface area contributed by atoms with Crippen LogP contribution in [-0.2, 0) is 0 Å². The number of piperidine rings is 1. The molecule has 1 fully saturated rings. The van der Waals surface area contributed by atoms with Gasteiger partial charge in [-0.1, -0.05) is 18.2 Å². The Bertz CT molecular complexity index is 957. The zero-order valence-corrected chi connectivity index (χ0v) is 14.7. The highest BCUT2D eigenvalue weighted by Gasteiger charge is 2.24. The van der Waals surface area contributed by atoms with Crippen molar-refractivity contribution in [3.05, 3.63) is 60.4 Å². The van der Waals surface area contributed by atoms with Crippen molar-refractivity contribution in [1.82, 2.24) is 19.6 Å². The van der Waals surface area contributed by atoms with Crippen LogP contribution in [0.3, 0.4) is 0 Å². The molecule has 3 heterocycles. The molecule has 27 heavy (non-hydrogen) atoms. The monoisotopic (exact) mass is 364 g/mol. The van der Waals surface area contributed by atoms with Gasteiger partial charge in [0.1, 0.15) is 5.65 Å². The van der Waals surface area contributed by atoms with Crippen molar-refractivity contribution < 1.29 is 14.7 Å². The molecule has 7 heteroatoms. The molecule has 3 aromatic rings. The number of imidazole rings is 1. The van der Waals surface area contributed by atoms with Crippen LogP contribution in [0.1, 0.15) is 23.2 Å². The van der Waals surface area contributed by atoms with E-state index in [1.165, 1.54) is 0 Å². The summed E-state index contributed by atoms with van der Waals surface area (Å²) in [6.07, 6.45) is 4.13. The van der Waals surface area contributed by atoms with Gasteiger partial charge in [0.25, 0.3) is 5.91 Å². The second-order valence-corrected chi connectivity index (χ2v) is 6.69. The van der Waals surface area contributed by atoms with Crippen LogP contribution in [0.25, 0.3) is 16.9 Å². The first kappa shape index (κ1) is 17.1. The number of rotatable bonds is 3. The molecule has 1 aliphatic heterocycles. The smallest absolute Gasteiger partial charge is 0.404 e. The van der Waals surface area contributed by atoms with E-state index in [4.69, 9.17) is 5.11 Å². The summed E-state index contributed by atoms with van der Waals surface area (Å²) in [4.78, 5) is 30.0. The zero-order chi connectivity index (χ0) is 18.8. The molecular formula is C20H20N4O3. The summed E-state index contributed by atoms with van der Waals surface area (Å²) in [5.41, 5.74) is 3.19. The number of hydrogen-bond donors (Lipinski definition) is 2. The van der Waals surface area contributed by atoms with Gasteiger partial charge in [0, 0.05) is 42.7 Å². The highest BCUT2D eigenvalue weighted by molar-refractivity contribution is 5.95. The number of likely N-dealkylation sites (tertiary alicyclic amines) is 1. The van der Waals surface area contributed by atoms with Gasteiger partial charge in [-0.3, -0.25) is 4.79 Å². The second-order valence-electron chi connectivity index (χ2n) is 6.69. The van der Waals surface area contributed by atoms with Crippen LogP contribution in [0, 0.1) is 0 Å². The maximum Gasteiger partial charge on any atom is 0.404 e. The number of benzene rings is 1. The molecule has 0 unspecified atom stereocenters. The maximum atomic E-state index is 12.8. The minimum absolute atomic E-state index is 0.0330. The van der Waals surface area contributed by atoms with Crippen molar-refractivity contribution in [2.75, 3.05) is 13.1 Å². The van der Waals surface area contributed by atoms with Gasteiger partial charge in [-0.15, -0.1) is 0 Å². The number of fused-ring (bicyclic) bond motifs is 1. The summed E-state index contributed by atoms with van der Waals surface area (Å²) in [6.45, 7) is 1.09. The van der Waals surface area contributed by atoms with E-state index in [-0.39, 0.29) is 11.9 Å². The van der Waals surface area contributed by atoms with Crippen LogP contribution in [0.2, 0.25) is 0 Å². The molecule has 2 aromatic heterocycles. The van der Waals surface area contributed by atoms with Crippen molar-refractivity contribution in [2.45, 2.75) is 18.9 Å². The Morgan fingerprint density at radius 2 is 1.93 bits per heavy atom. The Labute approximate surface area is 156 Å². The van der Waals surface area contributed by atoms with Crippen LogP contribution in [-0.4, -0.2) is 50.5 Å². The summed E-state index contributed by atoms with van der Waals surface area (Å²) in [6, 6.07) is 13.2. The molecule has 2 amide bonds. The molecular weight excluding hydrogens is 344 g/mol. The van der Waals surface area contributed by atoms with Crippen molar-refractivity contribution in [3.63, 3.8) is 0 Å². The van der Waals surface area contributed by atoms with Crippen LogP contribution in [0.5, 0.6) is 0 Å². The summed E-state index contributed by atoms with van der Waals surface area (Å²) < 4.78 is 1.95. The van der Waals surface area contributed by atoms with Crippen molar-refractivity contribution in [3.8, 4) is 11.3 Å². The molecule has 2 N–H and O–H groups in total. The zero-order valence-electron chi connectivity index (χ0n) is 14.7. The van der Waals surface area contributed by atoms with E-state index in [1.807, 2.05) is 59.3 Å². The topological polar surface area (TPSA) is 86.9 Å². The largest absolute Gasteiger partial charge is 0.465 e. The van der Waals surface area contributed by atoms with Gasteiger partial charge >= 0.3 is 6.09 Å². The molecule has 0 aliphatic carbocycles. The van der Waals surface area contributed by atoms with Gasteiger partial charge in [-0.05, 0) is 37.1 Å². The Kier molecular flexibility index (Phi) is 4.50. The Hall–Kier alpha value is -3.35. The van der Waals surface area contributed by atoms with E-state index in [0.717, 1.165) is 16.9 Å². The quantitative estimate of drug-likeness (QED) is 0.748. The minimum Gasteiger partial charge on any atom is -0.465 e. The number of carboxylic acid groups (broad SMARTS) is 1. The average Bonchev–Trinajstić information content (AvgIpc) is 3.12. The predicted octanol–water partition coefficient (Wildman–Crippen LogP) is 2.87. The lowest BCUT2D eigenvalue weighted by atomic mass is 10.0. The summed E-state index contributed by atoms with van der Waals surface area (Å²) >= 11 is 0. The molecule has 1 saturated heterocycles. The second kappa shape index (κ2) is 7.11. The van der Waals surface area contributed by atoms with E-state index in [9.17, 15) is 9.59 Å². The van der Waals surface area contributed by atoms with Gasteiger partial charge in [-0.2, -0.15) is 0 Å². The van der Waals surface area contributed by atoms with Gasteiger partial charge < -0.3 is 19.7 Å². The number of nitrogens with one attached hydrogen (secondary N) is 1. The molecule has 7 nitrogen and oxygen atoms in total. The fourth-order valence-corrected chi connectivity index (χ4v) is 3.47. The fourth-order valence-electron chi connectivity index (χ4n) is 3.47. The molecule has 0 radical (unpaired) electrons. The van der Waals surface area contributed by atoms with E-state index in [1.54, 1.807) is 4.90 Å². The molecule has 1 aliphatic rings. The molecule has 0 bridgehead atoms. The first-order valence-corrected chi connectivity index (χ1v) is 8.93. The molecule has 4 rings (SSSR count). The number of hydrogen-bond acceptors (Lipinski definition) is 3. The van der Waals surface area contributed by atoms with E-state index in [2.05, 4.69) is 10.3 Å². The van der Waals surface area contributed by atoms with Gasteiger partial charge in [0.15, 0.2) is 0 Å². The fraction of sp³-hybridized carbons (Fsp3) is 0.250. The SMILES string of the molecule is O=C(O)NC1CCN(C(=O)c2cccc(-c3cn4ccccc4n3)c2)CC1. The summed E-state index contributed by atoms with van der Waals surface area (Å²) in [7, 11) is 0. The Balaban J connectivity index is 1.50. The highest BCUT2D eigenvalue weighted by atomic mass is 16.4. The van der Waals surface area contributed by atoms with Crippen molar-refractivity contribution in [2.24, 2.45) is 0 Å². The van der Waals surface area contributed by atoms with Crippen LogP contribution < -0.4 is 5.32 Å². The minimum atomic E-state index is -1.01. The summed E-state index contributed by atoms with van der Waals surface area (Å²) in [5.74, 6) is -0.0330. The lowest BCUT2D eigenvalue weighted by Gasteiger charge is -2.32. The number of nitrogens with zero attached hydrogens (tertiary/aromatic N) is 3. The number of carbonyl (C=O) groups is 2. The van der Waals surface area contributed by atoms with E-state index in [0.29, 0.717) is 31.5 Å². The number of amides is 2. The van der Waals surface area contributed by atoms with Crippen LogP contribution in [0.4, 0.5) is 4.79 Å². The third-order valence-electron chi connectivity index (χ3n) is 4.88. The van der Waals surface area contributed by atoms with Gasteiger partial charge in [0.05, 0.1) is 5.69 Å². The standard InChI is InChI=1S/C20H20N4O3/c25-19(23-10-7-16(8-11-23)21-20(26)27)15-5-3-4-14(12-15)17-13-24-9-2-1-6-18(24)22-17/h1-6,9,12-13,16,21H,7-8,10-11H2,(H,26,27). The molecule has 0 saturated carbocycles. The Morgan fingerprint density at radius 3 is 2.67 bits per heavy atom. The number of aromatic nitrogens is 2. The normalized spacial score (nSPS) is 15.0. The van der Waals surface area contributed by atoms with Crippen molar-refractivity contribution in [1.29, 1.82) is 0 Å². The number of pyridine rings is 1. The van der Waals surface area contributed by atoms with Crippen LogP contribution in [0.15, 0.2) is 54.9 Å². The van der Waals surface area contributed by atoms with Crippen molar-refractivity contribution >= 4 is 17.6 Å². The third kappa shape index (κ3) is 3.62.